The van der Waals surface area contributed by atoms with E-state index in [9.17, 15) is 4.39 Å². The molecule has 90 valence electrons. The van der Waals surface area contributed by atoms with Crippen LogP contribution in [0.2, 0.25) is 0 Å². The molecule has 3 rings (SSSR count). The summed E-state index contributed by atoms with van der Waals surface area (Å²) in [7, 11) is 0. The number of para-hydroxylation sites is 1. The van der Waals surface area contributed by atoms with E-state index in [2.05, 4.69) is 9.97 Å². The van der Waals surface area contributed by atoms with Gasteiger partial charge < -0.3 is 4.98 Å². The van der Waals surface area contributed by atoms with Gasteiger partial charge in [-0.2, -0.15) is 0 Å². The lowest BCUT2D eigenvalue weighted by Crippen LogP contribution is -1.90. The largest absolute Gasteiger partial charge is 0.342 e. The van der Waals surface area contributed by atoms with E-state index in [4.69, 9.17) is 0 Å². The van der Waals surface area contributed by atoms with Crippen molar-refractivity contribution in [1.29, 1.82) is 0 Å². The summed E-state index contributed by atoms with van der Waals surface area (Å²) in [6, 6.07) is 12.6. The van der Waals surface area contributed by atoms with Crippen LogP contribution < -0.4 is 0 Å². The Bertz CT molecular complexity index is 683. The van der Waals surface area contributed by atoms with Gasteiger partial charge in [-0.25, -0.2) is 9.37 Å². The fourth-order valence-electron chi connectivity index (χ4n) is 2.11. The lowest BCUT2D eigenvalue weighted by atomic mass is 10.1. The number of aryl methyl sites for hydroxylation is 1. The van der Waals surface area contributed by atoms with Crippen LogP contribution in [0.1, 0.15) is 17.0 Å². The molecule has 2 nitrogen and oxygen atoms in total. The number of halogens is 1. The zero-order valence-electron chi connectivity index (χ0n) is 10.1. The molecule has 0 saturated carbocycles. The van der Waals surface area contributed by atoms with Crippen LogP contribution >= 0.6 is 0 Å². The second-order valence-corrected chi connectivity index (χ2v) is 4.46. The third-order valence-corrected chi connectivity index (χ3v) is 3.05. The number of benzene rings is 2. The number of rotatable bonds is 2. The summed E-state index contributed by atoms with van der Waals surface area (Å²) in [4.78, 5) is 7.88. The van der Waals surface area contributed by atoms with E-state index in [-0.39, 0.29) is 5.82 Å². The molecule has 3 aromatic rings. The highest BCUT2D eigenvalue weighted by atomic mass is 19.1. The average Bonchev–Trinajstić information content (AvgIpc) is 2.76. The number of hydrogen-bond acceptors (Lipinski definition) is 1. The number of H-pyrrole nitrogens is 1. The lowest BCUT2D eigenvalue weighted by Gasteiger charge is -1.97. The molecule has 0 radical (unpaired) electrons. The van der Waals surface area contributed by atoms with Gasteiger partial charge in [-0.05, 0) is 36.2 Å². The molecule has 0 amide bonds. The molecule has 0 aliphatic heterocycles. The van der Waals surface area contributed by atoms with Gasteiger partial charge in [0, 0.05) is 6.42 Å². The Morgan fingerprint density at radius 1 is 1.11 bits per heavy atom. The van der Waals surface area contributed by atoms with E-state index in [1.807, 2.05) is 25.1 Å². The van der Waals surface area contributed by atoms with E-state index in [0.717, 1.165) is 28.0 Å². The van der Waals surface area contributed by atoms with Crippen LogP contribution in [0.15, 0.2) is 42.5 Å². The normalized spacial score (nSPS) is 11.0. The summed E-state index contributed by atoms with van der Waals surface area (Å²) in [6.45, 7) is 2.05. The molecule has 2 aromatic carbocycles. The van der Waals surface area contributed by atoms with Crippen molar-refractivity contribution in [2.75, 3.05) is 0 Å². The van der Waals surface area contributed by atoms with Gasteiger partial charge >= 0.3 is 0 Å². The van der Waals surface area contributed by atoms with Crippen LogP contribution in [0.25, 0.3) is 11.0 Å². The van der Waals surface area contributed by atoms with Gasteiger partial charge in [-0.15, -0.1) is 0 Å². The molecule has 0 spiro atoms. The summed E-state index contributed by atoms with van der Waals surface area (Å²) >= 11 is 0. The van der Waals surface area contributed by atoms with Gasteiger partial charge in [0.1, 0.15) is 11.6 Å². The predicted octanol–water partition coefficient (Wildman–Crippen LogP) is 3.60. The maximum Gasteiger partial charge on any atom is 0.123 e. The molecule has 18 heavy (non-hydrogen) atoms. The van der Waals surface area contributed by atoms with Gasteiger partial charge in [0.05, 0.1) is 11.0 Å². The second-order valence-electron chi connectivity index (χ2n) is 4.46. The van der Waals surface area contributed by atoms with Crippen molar-refractivity contribution >= 4 is 11.0 Å². The van der Waals surface area contributed by atoms with Crippen LogP contribution in [0.5, 0.6) is 0 Å². The Morgan fingerprint density at radius 3 is 2.61 bits per heavy atom. The van der Waals surface area contributed by atoms with Crippen LogP contribution in [0.4, 0.5) is 4.39 Å². The van der Waals surface area contributed by atoms with Crippen molar-refractivity contribution in [3.63, 3.8) is 0 Å². The number of imidazole rings is 1. The third-order valence-electron chi connectivity index (χ3n) is 3.05. The first-order valence-electron chi connectivity index (χ1n) is 5.91. The Hall–Kier alpha value is -2.16. The summed E-state index contributed by atoms with van der Waals surface area (Å²) in [6.07, 6.45) is 0.689. The van der Waals surface area contributed by atoms with Crippen molar-refractivity contribution in [1.82, 2.24) is 9.97 Å². The molecule has 0 aliphatic carbocycles. The maximum absolute atomic E-state index is 12.8. The van der Waals surface area contributed by atoms with E-state index >= 15 is 0 Å². The summed E-state index contributed by atoms with van der Waals surface area (Å²) in [5.74, 6) is 0.699. The minimum absolute atomic E-state index is 0.209. The SMILES string of the molecule is Cc1cccc2[nH]c(Cc3ccc(F)cc3)nc12. The molecule has 1 aromatic heterocycles. The smallest absolute Gasteiger partial charge is 0.123 e. The van der Waals surface area contributed by atoms with Crippen molar-refractivity contribution in [2.24, 2.45) is 0 Å². The molecular weight excluding hydrogens is 227 g/mol. The number of aromatic nitrogens is 2. The minimum atomic E-state index is -0.209. The monoisotopic (exact) mass is 240 g/mol. The van der Waals surface area contributed by atoms with Gasteiger partial charge in [-0.1, -0.05) is 24.3 Å². The number of nitrogens with one attached hydrogen (secondary N) is 1. The number of fused-ring (bicyclic) bond motifs is 1. The van der Waals surface area contributed by atoms with Crippen molar-refractivity contribution in [3.8, 4) is 0 Å². The molecule has 0 unspecified atom stereocenters. The highest BCUT2D eigenvalue weighted by molar-refractivity contribution is 5.78. The van der Waals surface area contributed by atoms with E-state index < -0.39 is 0 Å². The van der Waals surface area contributed by atoms with Gasteiger partial charge in [-0.3, -0.25) is 0 Å². The molecule has 3 heteroatoms. The first-order chi connectivity index (χ1) is 8.72. The molecular formula is C15H13FN2. The Balaban J connectivity index is 1.95. The van der Waals surface area contributed by atoms with Crippen molar-refractivity contribution < 1.29 is 4.39 Å². The van der Waals surface area contributed by atoms with Crippen molar-refractivity contribution in [3.05, 3.63) is 65.2 Å². The first-order valence-corrected chi connectivity index (χ1v) is 5.91. The second kappa shape index (κ2) is 4.26. The number of aromatic amines is 1. The standard InChI is InChI=1S/C15H13FN2/c1-10-3-2-4-13-15(10)18-14(17-13)9-11-5-7-12(16)8-6-11/h2-8H,9H2,1H3,(H,17,18). The summed E-state index contributed by atoms with van der Waals surface area (Å²) in [5.41, 5.74) is 4.27. The zero-order valence-corrected chi connectivity index (χ0v) is 10.1. The summed E-state index contributed by atoms with van der Waals surface area (Å²) in [5, 5.41) is 0. The van der Waals surface area contributed by atoms with Crippen LogP contribution in [0, 0.1) is 12.7 Å². The van der Waals surface area contributed by atoms with Gasteiger partial charge in [0.15, 0.2) is 0 Å². The van der Waals surface area contributed by atoms with Gasteiger partial charge in [0.25, 0.3) is 0 Å². The van der Waals surface area contributed by atoms with Crippen LogP contribution in [0.3, 0.4) is 0 Å². The quantitative estimate of drug-likeness (QED) is 0.728. The molecule has 0 aliphatic rings. The number of nitrogens with zero attached hydrogens (tertiary/aromatic N) is 1. The third kappa shape index (κ3) is 1.99. The van der Waals surface area contributed by atoms with Gasteiger partial charge in [0.2, 0.25) is 0 Å². The Morgan fingerprint density at radius 2 is 1.89 bits per heavy atom. The fourth-order valence-corrected chi connectivity index (χ4v) is 2.11. The molecule has 0 atom stereocenters. The number of hydrogen-bond donors (Lipinski definition) is 1. The van der Waals surface area contributed by atoms with Crippen molar-refractivity contribution in [2.45, 2.75) is 13.3 Å². The topological polar surface area (TPSA) is 28.7 Å². The summed E-state index contributed by atoms with van der Waals surface area (Å²) < 4.78 is 12.8. The van der Waals surface area contributed by atoms with E-state index in [0.29, 0.717) is 6.42 Å². The Kier molecular flexibility index (Phi) is 2.59. The lowest BCUT2D eigenvalue weighted by molar-refractivity contribution is 0.627. The molecule has 0 fully saturated rings. The first kappa shape index (κ1) is 11.0. The minimum Gasteiger partial charge on any atom is -0.342 e. The molecule has 1 N–H and O–H groups in total. The molecule has 0 saturated heterocycles. The van der Waals surface area contributed by atoms with E-state index in [1.54, 1.807) is 12.1 Å². The highest BCUT2D eigenvalue weighted by Gasteiger charge is 2.05. The van der Waals surface area contributed by atoms with E-state index in [1.165, 1.54) is 12.1 Å². The Labute approximate surface area is 104 Å². The maximum atomic E-state index is 12.8. The average molecular weight is 240 g/mol. The predicted molar refractivity (Wildman–Crippen MR) is 70.0 cm³/mol. The van der Waals surface area contributed by atoms with Crippen LogP contribution in [-0.4, -0.2) is 9.97 Å². The zero-order chi connectivity index (χ0) is 12.5. The molecule has 1 heterocycles. The fraction of sp³-hybridized carbons (Fsp3) is 0.133. The molecule has 0 bridgehead atoms. The highest BCUT2D eigenvalue weighted by Crippen LogP contribution is 2.17. The van der Waals surface area contributed by atoms with Crippen LogP contribution in [-0.2, 0) is 6.42 Å².